The summed E-state index contributed by atoms with van der Waals surface area (Å²) in [7, 11) is -0.706. The maximum absolute atomic E-state index is 13.4. The Morgan fingerprint density at radius 3 is 2.71 bits per heavy atom. The number of hydrogen-bond donors (Lipinski definition) is 1. The molecule has 0 spiro atoms. The molecule has 0 saturated carbocycles. The van der Waals surface area contributed by atoms with E-state index in [0.29, 0.717) is 5.56 Å². The summed E-state index contributed by atoms with van der Waals surface area (Å²) in [4.78, 5) is 19.5. The summed E-state index contributed by atoms with van der Waals surface area (Å²) in [5, 5.41) is 9.78. The molecule has 1 aliphatic heterocycles. The minimum atomic E-state index is -3.74. The van der Waals surface area contributed by atoms with Crippen molar-refractivity contribution in [3.8, 4) is 17.7 Å². The number of aliphatic hydroxyl groups is 1. The van der Waals surface area contributed by atoms with E-state index in [4.69, 9.17) is 9.47 Å². The predicted molar refractivity (Wildman–Crippen MR) is 130 cm³/mol. The molecule has 1 aromatic heterocycles. The van der Waals surface area contributed by atoms with Gasteiger partial charge in [0.15, 0.2) is 0 Å². The van der Waals surface area contributed by atoms with Crippen molar-refractivity contribution in [3.63, 3.8) is 0 Å². The molecule has 2 aromatic rings. The first-order chi connectivity index (χ1) is 16.7. The standard InChI is InChI=1S/C25H31N3O6S/c1-18-15-28(19(2)17-29)25(30)22-13-20(9-8-12-33-4)14-26-24(22)34-23(18)16-27(3)35(31,32)21-10-6-5-7-11-21/h5-7,10-11,13-14,18-19,23,29H,12,15-17H2,1-4H3/t18-,19+,23-/m1/s1. The molecule has 1 aromatic carbocycles. The molecule has 0 bridgehead atoms. The molecule has 35 heavy (non-hydrogen) atoms. The average Bonchev–Trinajstić information content (AvgIpc) is 2.86. The molecule has 0 fully saturated rings. The Bertz CT molecular complexity index is 1190. The molecule has 3 rings (SSSR count). The molecule has 0 saturated heterocycles. The molecular weight excluding hydrogens is 470 g/mol. The Hall–Kier alpha value is -2.97. The number of aliphatic hydroxyl groups excluding tert-OH is 1. The van der Waals surface area contributed by atoms with E-state index >= 15 is 0 Å². The Balaban J connectivity index is 1.97. The van der Waals surface area contributed by atoms with E-state index in [9.17, 15) is 18.3 Å². The molecule has 1 amide bonds. The Labute approximate surface area is 206 Å². The van der Waals surface area contributed by atoms with Gasteiger partial charge in [0.2, 0.25) is 15.9 Å². The number of methoxy groups -OCH3 is 1. The highest BCUT2D eigenvalue weighted by Crippen LogP contribution is 2.28. The second kappa shape index (κ2) is 11.6. The van der Waals surface area contributed by atoms with Crippen molar-refractivity contribution < 1.29 is 27.8 Å². The normalized spacial score (nSPS) is 19.1. The highest BCUT2D eigenvalue weighted by atomic mass is 32.2. The number of benzene rings is 1. The fourth-order valence-corrected chi connectivity index (χ4v) is 4.93. The van der Waals surface area contributed by atoms with Crippen LogP contribution in [0.2, 0.25) is 0 Å². The summed E-state index contributed by atoms with van der Waals surface area (Å²) in [6.45, 7) is 3.96. The molecule has 9 nitrogen and oxygen atoms in total. The smallest absolute Gasteiger partial charge is 0.259 e. The van der Waals surface area contributed by atoms with Gasteiger partial charge in [-0.1, -0.05) is 37.0 Å². The average molecular weight is 502 g/mol. The maximum Gasteiger partial charge on any atom is 0.259 e. The van der Waals surface area contributed by atoms with Crippen LogP contribution in [-0.2, 0) is 14.8 Å². The van der Waals surface area contributed by atoms with E-state index in [1.54, 1.807) is 48.2 Å². The van der Waals surface area contributed by atoms with Crippen molar-refractivity contribution in [1.82, 2.24) is 14.2 Å². The third kappa shape index (κ3) is 6.18. The van der Waals surface area contributed by atoms with Gasteiger partial charge in [-0.15, -0.1) is 0 Å². The van der Waals surface area contributed by atoms with Gasteiger partial charge in [0.25, 0.3) is 5.91 Å². The van der Waals surface area contributed by atoms with Crippen LogP contribution in [0.1, 0.15) is 29.8 Å². The number of rotatable bonds is 7. The first kappa shape index (κ1) is 26.6. The summed E-state index contributed by atoms with van der Waals surface area (Å²) in [5.41, 5.74) is 0.725. The third-order valence-electron chi connectivity index (χ3n) is 5.86. The number of amides is 1. The van der Waals surface area contributed by atoms with Gasteiger partial charge in [-0.3, -0.25) is 4.79 Å². The lowest BCUT2D eigenvalue weighted by Crippen LogP contribution is -2.50. The third-order valence-corrected chi connectivity index (χ3v) is 7.70. The van der Waals surface area contributed by atoms with Gasteiger partial charge in [0.1, 0.15) is 18.3 Å². The van der Waals surface area contributed by atoms with Crippen LogP contribution in [0.3, 0.4) is 0 Å². The Kier molecular flexibility index (Phi) is 8.86. The van der Waals surface area contributed by atoms with Crippen LogP contribution < -0.4 is 4.74 Å². The van der Waals surface area contributed by atoms with Gasteiger partial charge >= 0.3 is 0 Å². The number of carbonyl (C=O) groups excluding carboxylic acids is 1. The summed E-state index contributed by atoms with van der Waals surface area (Å²) in [5.74, 6) is 5.24. The van der Waals surface area contributed by atoms with Crippen molar-refractivity contribution in [1.29, 1.82) is 0 Å². The Morgan fingerprint density at radius 2 is 2.06 bits per heavy atom. The second-order valence-electron chi connectivity index (χ2n) is 8.53. The zero-order chi connectivity index (χ0) is 25.6. The van der Waals surface area contributed by atoms with Crippen molar-refractivity contribution in [2.45, 2.75) is 30.9 Å². The fraction of sp³-hybridized carbons (Fsp3) is 0.440. The lowest BCUT2D eigenvalue weighted by atomic mass is 10.0. The monoisotopic (exact) mass is 501 g/mol. The number of fused-ring (bicyclic) bond motifs is 1. The first-order valence-electron chi connectivity index (χ1n) is 11.3. The molecule has 1 aliphatic rings. The molecule has 2 heterocycles. The minimum absolute atomic E-state index is 0.0461. The minimum Gasteiger partial charge on any atom is -0.472 e. The molecule has 1 N–H and O–H groups in total. The zero-order valence-corrected chi connectivity index (χ0v) is 21.2. The molecule has 3 atom stereocenters. The van der Waals surface area contributed by atoms with Crippen molar-refractivity contribution >= 4 is 15.9 Å². The molecule has 188 valence electrons. The van der Waals surface area contributed by atoms with Crippen LogP contribution in [0.25, 0.3) is 0 Å². The van der Waals surface area contributed by atoms with Gasteiger partial charge in [0, 0.05) is 38.4 Å². The topological polar surface area (TPSA) is 109 Å². The fourth-order valence-electron chi connectivity index (χ4n) is 3.72. The van der Waals surface area contributed by atoms with Gasteiger partial charge in [-0.2, -0.15) is 4.31 Å². The maximum atomic E-state index is 13.4. The lowest BCUT2D eigenvalue weighted by Gasteiger charge is -2.37. The van der Waals surface area contributed by atoms with Crippen LogP contribution in [0.15, 0.2) is 47.5 Å². The zero-order valence-electron chi connectivity index (χ0n) is 20.3. The SMILES string of the molecule is COCC#Cc1cnc2c(c1)C(=O)N([C@@H](C)CO)C[C@@H](C)[C@@H](CN(C)S(=O)(=O)c1ccccc1)O2. The van der Waals surface area contributed by atoms with Crippen molar-refractivity contribution in [2.24, 2.45) is 5.92 Å². The number of carbonyl (C=O) groups is 1. The number of hydrogen-bond acceptors (Lipinski definition) is 7. The number of ether oxygens (including phenoxy) is 2. The largest absolute Gasteiger partial charge is 0.472 e. The number of nitrogens with zero attached hydrogens (tertiary/aromatic N) is 3. The van der Waals surface area contributed by atoms with Crippen molar-refractivity contribution in [3.05, 3.63) is 53.7 Å². The highest BCUT2D eigenvalue weighted by molar-refractivity contribution is 7.89. The van der Waals surface area contributed by atoms with Crippen LogP contribution >= 0.6 is 0 Å². The van der Waals surface area contributed by atoms with Gasteiger partial charge < -0.3 is 19.5 Å². The second-order valence-corrected chi connectivity index (χ2v) is 10.6. The van der Waals surface area contributed by atoms with Crippen LogP contribution in [-0.4, -0.2) is 86.2 Å². The summed E-state index contributed by atoms with van der Waals surface area (Å²) >= 11 is 0. The van der Waals surface area contributed by atoms with Gasteiger partial charge in [-0.25, -0.2) is 13.4 Å². The van der Waals surface area contributed by atoms with Crippen molar-refractivity contribution in [2.75, 3.05) is 40.5 Å². The predicted octanol–water partition coefficient (Wildman–Crippen LogP) is 1.62. The summed E-state index contributed by atoms with van der Waals surface area (Å²) in [6.07, 6.45) is 0.902. The van der Waals surface area contributed by atoms with E-state index in [-0.39, 0.29) is 54.5 Å². The summed E-state index contributed by atoms with van der Waals surface area (Å²) < 4.78 is 38.5. The van der Waals surface area contributed by atoms with E-state index in [2.05, 4.69) is 16.8 Å². The molecule has 0 aliphatic carbocycles. The van der Waals surface area contributed by atoms with E-state index in [1.807, 2.05) is 6.92 Å². The summed E-state index contributed by atoms with van der Waals surface area (Å²) in [6, 6.07) is 9.32. The molecule has 0 unspecified atom stereocenters. The van der Waals surface area contributed by atoms with Crippen LogP contribution in [0.5, 0.6) is 5.88 Å². The van der Waals surface area contributed by atoms with Gasteiger partial charge in [0.05, 0.1) is 24.1 Å². The van der Waals surface area contributed by atoms with E-state index < -0.39 is 22.2 Å². The quantitative estimate of drug-likeness (QED) is 0.574. The number of aromatic nitrogens is 1. The molecule has 10 heteroatoms. The van der Waals surface area contributed by atoms with Gasteiger partial charge in [-0.05, 0) is 25.1 Å². The number of likely N-dealkylation sites (N-methyl/N-ethyl adjacent to an activating group) is 1. The van der Waals surface area contributed by atoms with Crippen LogP contribution in [0, 0.1) is 17.8 Å². The molecular formula is C25H31N3O6S. The number of sulfonamides is 1. The van der Waals surface area contributed by atoms with Crippen LogP contribution in [0.4, 0.5) is 0 Å². The number of pyridine rings is 1. The van der Waals surface area contributed by atoms with E-state index in [0.717, 1.165) is 0 Å². The highest BCUT2D eigenvalue weighted by Gasteiger charge is 2.35. The lowest BCUT2D eigenvalue weighted by molar-refractivity contribution is 0.0373. The van der Waals surface area contributed by atoms with E-state index in [1.165, 1.54) is 24.7 Å². The molecule has 0 radical (unpaired) electrons. The first-order valence-corrected chi connectivity index (χ1v) is 12.7. The Morgan fingerprint density at radius 1 is 1.34 bits per heavy atom.